The molecule has 0 amide bonds. The van der Waals surface area contributed by atoms with Crippen molar-refractivity contribution in [3.8, 4) is 5.75 Å². The van der Waals surface area contributed by atoms with Crippen LogP contribution in [0, 0.1) is 0 Å². The van der Waals surface area contributed by atoms with Crippen molar-refractivity contribution in [3.63, 3.8) is 0 Å². The van der Waals surface area contributed by atoms with E-state index in [0.717, 1.165) is 31.9 Å². The second-order valence-electron chi connectivity index (χ2n) is 3.66. The summed E-state index contributed by atoms with van der Waals surface area (Å²) in [7, 11) is 1.71. The fourth-order valence-corrected chi connectivity index (χ4v) is 1.40. The summed E-state index contributed by atoms with van der Waals surface area (Å²) in [6, 6.07) is 9.93. The summed E-state index contributed by atoms with van der Waals surface area (Å²) in [5.41, 5.74) is 0. The number of ether oxygens (including phenoxy) is 2. The summed E-state index contributed by atoms with van der Waals surface area (Å²) in [6.07, 6.45) is 1.22. The Morgan fingerprint density at radius 2 is 2.00 bits per heavy atom. The topological polar surface area (TPSA) is 30.5 Å². The molecule has 0 aromatic heterocycles. The maximum absolute atomic E-state index is 5.84. The summed E-state index contributed by atoms with van der Waals surface area (Å²) < 4.78 is 10.8. The van der Waals surface area contributed by atoms with E-state index in [4.69, 9.17) is 9.47 Å². The first-order chi connectivity index (χ1) is 7.86. The fourth-order valence-electron chi connectivity index (χ4n) is 1.40. The highest BCUT2D eigenvalue weighted by Gasteiger charge is 2.06. The largest absolute Gasteiger partial charge is 0.489 e. The third-order valence-corrected chi connectivity index (χ3v) is 2.36. The molecule has 1 aromatic rings. The molecule has 1 aromatic carbocycles. The molecule has 16 heavy (non-hydrogen) atoms. The first-order valence-corrected chi connectivity index (χ1v) is 5.78. The average Bonchev–Trinajstić information content (AvgIpc) is 2.34. The van der Waals surface area contributed by atoms with Crippen LogP contribution in [0.2, 0.25) is 0 Å². The molecule has 1 atom stereocenters. The van der Waals surface area contributed by atoms with Crippen LogP contribution in [0.5, 0.6) is 5.75 Å². The highest BCUT2D eigenvalue weighted by molar-refractivity contribution is 5.21. The maximum Gasteiger partial charge on any atom is 0.119 e. The Labute approximate surface area is 97.8 Å². The normalized spacial score (nSPS) is 12.4. The molecule has 3 heteroatoms. The molecule has 0 aliphatic rings. The summed E-state index contributed by atoms with van der Waals surface area (Å²) in [4.78, 5) is 0. The van der Waals surface area contributed by atoms with E-state index in [1.807, 2.05) is 30.3 Å². The Morgan fingerprint density at radius 1 is 1.25 bits per heavy atom. The van der Waals surface area contributed by atoms with Crippen LogP contribution >= 0.6 is 0 Å². The average molecular weight is 223 g/mol. The lowest BCUT2D eigenvalue weighted by molar-refractivity contribution is 0.174. The number of hydrogen-bond donors (Lipinski definition) is 1. The standard InChI is InChI=1S/C13H21NO2/c1-3-12(11-14-9-10-15-2)16-13-7-5-4-6-8-13/h4-8,12,14H,3,9-11H2,1-2H3. The number of rotatable bonds is 8. The summed E-state index contributed by atoms with van der Waals surface area (Å²) in [6.45, 7) is 4.59. The van der Waals surface area contributed by atoms with Gasteiger partial charge in [0, 0.05) is 20.2 Å². The molecule has 0 spiro atoms. The van der Waals surface area contributed by atoms with Crippen LogP contribution in [0.3, 0.4) is 0 Å². The van der Waals surface area contributed by atoms with Gasteiger partial charge < -0.3 is 14.8 Å². The molecular weight excluding hydrogens is 202 g/mol. The minimum Gasteiger partial charge on any atom is -0.489 e. The molecule has 0 radical (unpaired) electrons. The van der Waals surface area contributed by atoms with Crippen LogP contribution in [0.25, 0.3) is 0 Å². The van der Waals surface area contributed by atoms with Gasteiger partial charge in [-0.1, -0.05) is 25.1 Å². The monoisotopic (exact) mass is 223 g/mol. The van der Waals surface area contributed by atoms with Gasteiger partial charge in [0.15, 0.2) is 0 Å². The van der Waals surface area contributed by atoms with E-state index in [-0.39, 0.29) is 6.10 Å². The Morgan fingerprint density at radius 3 is 2.62 bits per heavy atom. The molecular formula is C13H21NO2. The van der Waals surface area contributed by atoms with Gasteiger partial charge in [0.2, 0.25) is 0 Å². The lowest BCUT2D eigenvalue weighted by Crippen LogP contribution is -2.32. The molecule has 0 saturated heterocycles. The number of para-hydroxylation sites is 1. The van der Waals surface area contributed by atoms with Gasteiger partial charge in [-0.05, 0) is 18.6 Å². The maximum atomic E-state index is 5.84. The highest BCUT2D eigenvalue weighted by Crippen LogP contribution is 2.11. The quantitative estimate of drug-likeness (QED) is 0.684. The molecule has 0 saturated carbocycles. The van der Waals surface area contributed by atoms with E-state index >= 15 is 0 Å². The zero-order valence-electron chi connectivity index (χ0n) is 10.1. The SMILES string of the molecule is CCC(CNCCOC)Oc1ccccc1. The van der Waals surface area contributed by atoms with Crippen LogP contribution in [0.4, 0.5) is 0 Å². The van der Waals surface area contributed by atoms with Gasteiger partial charge in [0.1, 0.15) is 11.9 Å². The third-order valence-electron chi connectivity index (χ3n) is 2.36. The van der Waals surface area contributed by atoms with Gasteiger partial charge in [-0.15, -0.1) is 0 Å². The minimum absolute atomic E-state index is 0.222. The second-order valence-corrected chi connectivity index (χ2v) is 3.66. The Balaban J connectivity index is 2.26. The van der Waals surface area contributed by atoms with Crippen molar-refractivity contribution < 1.29 is 9.47 Å². The predicted molar refractivity (Wildman–Crippen MR) is 65.9 cm³/mol. The lowest BCUT2D eigenvalue weighted by Gasteiger charge is -2.18. The van der Waals surface area contributed by atoms with Crippen molar-refractivity contribution in [2.24, 2.45) is 0 Å². The Hall–Kier alpha value is -1.06. The van der Waals surface area contributed by atoms with Gasteiger partial charge >= 0.3 is 0 Å². The first-order valence-electron chi connectivity index (χ1n) is 5.78. The lowest BCUT2D eigenvalue weighted by atomic mass is 10.2. The van der Waals surface area contributed by atoms with E-state index in [1.165, 1.54) is 0 Å². The van der Waals surface area contributed by atoms with E-state index in [9.17, 15) is 0 Å². The summed E-state index contributed by atoms with van der Waals surface area (Å²) >= 11 is 0. The van der Waals surface area contributed by atoms with Crippen LogP contribution in [0.15, 0.2) is 30.3 Å². The fraction of sp³-hybridized carbons (Fsp3) is 0.538. The summed E-state index contributed by atoms with van der Waals surface area (Å²) in [5, 5.41) is 3.31. The van der Waals surface area contributed by atoms with Gasteiger partial charge in [0.05, 0.1) is 6.61 Å². The second kappa shape index (κ2) is 8.13. The van der Waals surface area contributed by atoms with Crippen LogP contribution in [0.1, 0.15) is 13.3 Å². The van der Waals surface area contributed by atoms with Crippen LogP contribution < -0.4 is 10.1 Å². The molecule has 1 unspecified atom stereocenters. The van der Waals surface area contributed by atoms with Crippen LogP contribution in [-0.4, -0.2) is 32.9 Å². The highest BCUT2D eigenvalue weighted by atomic mass is 16.5. The molecule has 3 nitrogen and oxygen atoms in total. The molecule has 1 N–H and O–H groups in total. The Bertz CT molecular complexity index is 264. The Kier molecular flexibility index (Phi) is 6.61. The van der Waals surface area contributed by atoms with Gasteiger partial charge in [-0.3, -0.25) is 0 Å². The number of benzene rings is 1. The molecule has 90 valence electrons. The smallest absolute Gasteiger partial charge is 0.119 e. The molecule has 0 heterocycles. The van der Waals surface area contributed by atoms with Crippen molar-refractivity contribution in [1.82, 2.24) is 5.32 Å². The predicted octanol–water partition coefficient (Wildman–Crippen LogP) is 2.08. The van der Waals surface area contributed by atoms with Crippen molar-refractivity contribution in [3.05, 3.63) is 30.3 Å². The van der Waals surface area contributed by atoms with E-state index in [2.05, 4.69) is 12.2 Å². The van der Waals surface area contributed by atoms with Crippen molar-refractivity contribution in [2.45, 2.75) is 19.4 Å². The van der Waals surface area contributed by atoms with E-state index in [0.29, 0.717) is 0 Å². The molecule has 0 bridgehead atoms. The van der Waals surface area contributed by atoms with Gasteiger partial charge in [-0.25, -0.2) is 0 Å². The van der Waals surface area contributed by atoms with Crippen LogP contribution in [-0.2, 0) is 4.74 Å². The zero-order valence-corrected chi connectivity index (χ0v) is 10.1. The molecule has 0 fully saturated rings. The summed E-state index contributed by atoms with van der Waals surface area (Å²) in [5.74, 6) is 0.933. The third kappa shape index (κ3) is 5.14. The van der Waals surface area contributed by atoms with Gasteiger partial charge in [0.25, 0.3) is 0 Å². The molecule has 0 aliphatic heterocycles. The van der Waals surface area contributed by atoms with Crippen molar-refractivity contribution in [2.75, 3.05) is 26.8 Å². The first kappa shape index (κ1) is 13.0. The van der Waals surface area contributed by atoms with E-state index < -0.39 is 0 Å². The number of hydrogen-bond acceptors (Lipinski definition) is 3. The van der Waals surface area contributed by atoms with Crippen molar-refractivity contribution >= 4 is 0 Å². The molecule has 1 rings (SSSR count). The van der Waals surface area contributed by atoms with Crippen molar-refractivity contribution in [1.29, 1.82) is 0 Å². The number of nitrogens with one attached hydrogen (secondary N) is 1. The zero-order chi connectivity index (χ0) is 11.6. The van der Waals surface area contributed by atoms with E-state index in [1.54, 1.807) is 7.11 Å². The molecule has 0 aliphatic carbocycles. The number of methoxy groups -OCH3 is 1. The minimum atomic E-state index is 0.222. The van der Waals surface area contributed by atoms with Gasteiger partial charge in [-0.2, -0.15) is 0 Å².